The van der Waals surface area contributed by atoms with Gasteiger partial charge >= 0.3 is 5.69 Å². The van der Waals surface area contributed by atoms with E-state index in [1.54, 1.807) is 18.3 Å². The molecule has 5 nitrogen and oxygen atoms in total. The number of hydrogen-bond donors (Lipinski definition) is 0. The molecule has 0 unspecified atom stereocenters. The molecule has 0 aliphatic heterocycles. The minimum Gasteiger partial charge on any atom is -0.486 e. The van der Waals surface area contributed by atoms with Crippen molar-refractivity contribution >= 4 is 21.6 Å². The van der Waals surface area contributed by atoms with E-state index in [2.05, 4.69) is 20.9 Å². The van der Waals surface area contributed by atoms with E-state index < -0.39 is 16.4 Å². The number of nitrogens with zero attached hydrogens (tertiary/aromatic N) is 2. The Kier molecular flexibility index (Phi) is 4.06. The van der Waals surface area contributed by atoms with Crippen LogP contribution < -0.4 is 4.74 Å². The maximum atomic E-state index is 13.8. The van der Waals surface area contributed by atoms with Crippen LogP contribution in [0, 0.1) is 15.9 Å². The maximum Gasteiger partial charge on any atom is 0.305 e. The molecule has 2 aromatic rings. The van der Waals surface area contributed by atoms with E-state index in [0.29, 0.717) is 10.4 Å². The summed E-state index contributed by atoms with van der Waals surface area (Å²) in [7, 11) is 0. The first-order valence-corrected chi connectivity index (χ1v) is 6.04. The van der Waals surface area contributed by atoms with Crippen LogP contribution in [0.25, 0.3) is 0 Å². The SMILES string of the molecule is O=[N+]([O-])c1cccc(COc2cccnc2Br)c1F. The lowest BCUT2D eigenvalue weighted by Crippen LogP contribution is -2.02. The Morgan fingerprint density at radius 3 is 2.84 bits per heavy atom. The lowest BCUT2D eigenvalue weighted by atomic mass is 10.2. The summed E-state index contributed by atoms with van der Waals surface area (Å²) in [5, 5.41) is 10.6. The quantitative estimate of drug-likeness (QED) is 0.490. The predicted octanol–water partition coefficient (Wildman–Crippen LogP) is 3.47. The number of hydrogen-bond acceptors (Lipinski definition) is 4. The molecule has 0 amide bonds. The van der Waals surface area contributed by atoms with Gasteiger partial charge in [0.1, 0.15) is 11.2 Å². The lowest BCUT2D eigenvalue weighted by molar-refractivity contribution is -0.387. The average molecular weight is 327 g/mol. The van der Waals surface area contributed by atoms with Gasteiger partial charge in [-0.15, -0.1) is 0 Å². The van der Waals surface area contributed by atoms with E-state index in [0.717, 1.165) is 6.07 Å². The van der Waals surface area contributed by atoms with Gasteiger partial charge in [-0.3, -0.25) is 10.1 Å². The van der Waals surface area contributed by atoms with Gasteiger partial charge in [-0.05, 0) is 28.1 Å². The third-order valence-electron chi connectivity index (χ3n) is 2.36. The first kappa shape index (κ1) is 13.4. The first-order valence-electron chi connectivity index (χ1n) is 5.24. The molecule has 7 heteroatoms. The third-order valence-corrected chi connectivity index (χ3v) is 2.96. The monoisotopic (exact) mass is 326 g/mol. The van der Waals surface area contributed by atoms with Gasteiger partial charge in [0, 0.05) is 17.8 Å². The lowest BCUT2D eigenvalue weighted by Gasteiger charge is -2.08. The van der Waals surface area contributed by atoms with E-state index in [9.17, 15) is 14.5 Å². The summed E-state index contributed by atoms with van der Waals surface area (Å²) >= 11 is 3.19. The molecule has 0 aliphatic rings. The summed E-state index contributed by atoms with van der Waals surface area (Å²) in [6.45, 7) is -0.113. The molecule has 0 fully saturated rings. The molecule has 0 saturated heterocycles. The van der Waals surface area contributed by atoms with Gasteiger partial charge in [0.25, 0.3) is 0 Å². The normalized spacial score (nSPS) is 10.2. The Hall–Kier alpha value is -2.02. The van der Waals surface area contributed by atoms with E-state index in [1.165, 1.54) is 12.1 Å². The van der Waals surface area contributed by atoms with Crippen LogP contribution in [0.5, 0.6) is 5.75 Å². The van der Waals surface area contributed by atoms with Crippen LogP contribution in [0.3, 0.4) is 0 Å². The fourth-order valence-electron chi connectivity index (χ4n) is 1.45. The van der Waals surface area contributed by atoms with Crippen molar-refractivity contribution < 1.29 is 14.1 Å². The summed E-state index contributed by atoms with van der Waals surface area (Å²) in [4.78, 5) is 13.8. The second-order valence-electron chi connectivity index (χ2n) is 3.59. The van der Waals surface area contributed by atoms with Crippen molar-refractivity contribution in [1.29, 1.82) is 0 Å². The van der Waals surface area contributed by atoms with E-state index in [-0.39, 0.29) is 12.2 Å². The first-order chi connectivity index (χ1) is 9.09. The number of ether oxygens (including phenoxy) is 1. The second kappa shape index (κ2) is 5.75. The van der Waals surface area contributed by atoms with Crippen LogP contribution in [0.1, 0.15) is 5.56 Å². The highest BCUT2D eigenvalue weighted by Gasteiger charge is 2.17. The van der Waals surface area contributed by atoms with E-state index >= 15 is 0 Å². The molecule has 0 N–H and O–H groups in total. The molecule has 0 aliphatic carbocycles. The molecular weight excluding hydrogens is 319 g/mol. The number of benzene rings is 1. The molecule has 0 spiro atoms. The van der Waals surface area contributed by atoms with Crippen molar-refractivity contribution in [2.75, 3.05) is 0 Å². The van der Waals surface area contributed by atoms with Crippen LogP contribution in [0.4, 0.5) is 10.1 Å². The molecule has 19 heavy (non-hydrogen) atoms. The molecule has 98 valence electrons. The number of rotatable bonds is 4. The zero-order valence-electron chi connectivity index (χ0n) is 9.55. The summed E-state index contributed by atoms with van der Waals surface area (Å²) < 4.78 is 19.6. The molecule has 1 heterocycles. The number of halogens is 2. The van der Waals surface area contributed by atoms with E-state index in [4.69, 9.17) is 4.74 Å². The summed E-state index contributed by atoms with van der Waals surface area (Å²) in [5.41, 5.74) is -0.448. The molecule has 0 radical (unpaired) electrons. The zero-order valence-corrected chi connectivity index (χ0v) is 11.1. The van der Waals surface area contributed by atoms with E-state index in [1.807, 2.05) is 0 Å². The molecule has 0 atom stereocenters. The van der Waals surface area contributed by atoms with Gasteiger partial charge in [-0.2, -0.15) is 4.39 Å². The molecule has 1 aromatic heterocycles. The maximum absolute atomic E-state index is 13.8. The second-order valence-corrected chi connectivity index (χ2v) is 4.34. The Labute approximate surface area is 116 Å². The Morgan fingerprint density at radius 1 is 1.37 bits per heavy atom. The van der Waals surface area contributed by atoms with Crippen LogP contribution in [0.15, 0.2) is 41.1 Å². The highest BCUT2D eigenvalue weighted by atomic mass is 79.9. The van der Waals surface area contributed by atoms with Crippen molar-refractivity contribution in [2.45, 2.75) is 6.61 Å². The van der Waals surface area contributed by atoms with Crippen LogP contribution in [-0.2, 0) is 6.61 Å². The average Bonchev–Trinajstić information content (AvgIpc) is 2.39. The molecule has 2 rings (SSSR count). The highest BCUT2D eigenvalue weighted by molar-refractivity contribution is 9.10. The predicted molar refractivity (Wildman–Crippen MR) is 69.3 cm³/mol. The summed E-state index contributed by atoms with van der Waals surface area (Å²) in [5.74, 6) is -0.444. The minimum atomic E-state index is -0.882. The van der Waals surface area contributed by atoms with Gasteiger partial charge < -0.3 is 4.74 Å². The zero-order chi connectivity index (χ0) is 13.8. The van der Waals surface area contributed by atoms with Crippen molar-refractivity contribution in [3.05, 3.63) is 62.6 Å². The van der Waals surface area contributed by atoms with Gasteiger partial charge in [-0.1, -0.05) is 12.1 Å². The smallest absolute Gasteiger partial charge is 0.305 e. The Morgan fingerprint density at radius 2 is 2.16 bits per heavy atom. The largest absolute Gasteiger partial charge is 0.486 e. The van der Waals surface area contributed by atoms with Gasteiger partial charge in [0.15, 0.2) is 5.75 Å². The van der Waals surface area contributed by atoms with Crippen molar-refractivity contribution in [3.8, 4) is 5.75 Å². The fraction of sp³-hybridized carbons (Fsp3) is 0.0833. The fourth-order valence-corrected chi connectivity index (χ4v) is 1.82. The third kappa shape index (κ3) is 3.05. The van der Waals surface area contributed by atoms with Crippen LogP contribution in [-0.4, -0.2) is 9.91 Å². The van der Waals surface area contributed by atoms with Crippen LogP contribution >= 0.6 is 15.9 Å². The number of pyridine rings is 1. The Balaban J connectivity index is 2.19. The molecule has 1 aromatic carbocycles. The van der Waals surface area contributed by atoms with Gasteiger partial charge in [-0.25, -0.2) is 4.98 Å². The Bertz CT molecular complexity index is 622. The van der Waals surface area contributed by atoms with Crippen molar-refractivity contribution in [3.63, 3.8) is 0 Å². The van der Waals surface area contributed by atoms with Gasteiger partial charge in [0.2, 0.25) is 5.82 Å². The number of nitro groups is 1. The van der Waals surface area contributed by atoms with Crippen LogP contribution in [0.2, 0.25) is 0 Å². The van der Waals surface area contributed by atoms with Gasteiger partial charge in [0.05, 0.1) is 4.92 Å². The summed E-state index contributed by atoms with van der Waals surface area (Å²) in [6.07, 6.45) is 1.57. The standard InChI is InChI=1S/C12H8BrFN2O3/c13-12-10(5-2-6-15-12)19-7-8-3-1-4-9(11(8)14)16(17)18/h1-6H,7H2. The number of aromatic nitrogens is 1. The van der Waals surface area contributed by atoms with Crippen molar-refractivity contribution in [1.82, 2.24) is 4.98 Å². The topological polar surface area (TPSA) is 65.3 Å². The highest BCUT2D eigenvalue weighted by Crippen LogP contribution is 2.24. The van der Waals surface area contributed by atoms with Crippen molar-refractivity contribution in [2.24, 2.45) is 0 Å². The molecule has 0 bridgehead atoms. The number of nitro benzene ring substituents is 1. The summed E-state index contributed by atoms with van der Waals surface area (Å²) in [6, 6.07) is 7.29. The molecular formula is C12H8BrFN2O3. The molecule has 0 saturated carbocycles. The minimum absolute atomic E-state index is 0.113.